The van der Waals surface area contributed by atoms with Gasteiger partial charge in [0.05, 0.1) is 26.4 Å². The van der Waals surface area contributed by atoms with E-state index in [1.54, 1.807) is 0 Å². The van der Waals surface area contributed by atoms with E-state index >= 15 is 0 Å². The minimum atomic E-state index is -4.93. The third-order valence-corrected chi connectivity index (χ3v) is 17.0. The summed E-state index contributed by atoms with van der Waals surface area (Å²) in [5, 5.41) is 20.6. The monoisotopic (exact) mass is 1370 g/mol. The van der Waals surface area contributed by atoms with Crippen molar-refractivity contribution in [2.24, 2.45) is 0 Å². The van der Waals surface area contributed by atoms with Gasteiger partial charge in [0.15, 0.2) is 6.10 Å². The molecular formula is C77H132O16P2. The second-order valence-corrected chi connectivity index (χ2v) is 27.3. The Morgan fingerprint density at radius 3 is 0.926 bits per heavy atom. The zero-order valence-corrected chi connectivity index (χ0v) is 61.1. The number of esters is 3. The second-order valence-electron chi connectivity index (χ2n) is 24.4. The fourth-order valence-corrected chi connectivity index (χ4v) is 11.1. The standard InChI is InChI=1S/C77H132O16P2/c1-4-7-10-13-16-19-22-24-26-28-30-32-34-35-37-39-40-42-44-46-49-51-54-57-60-63-75(80)87-66-72(78)67-89-94(83,84)90-68-73(79)69-91-95(85,86)92-71-74(93-77(82)65-62-59-56-53-48-21-18-15-12-9-6-3)70-88-76(81)64-61-58-55-52-50-47-45-43-41-38-36-33-31-29-27-25-23-20-17-14-11-8-5-2/h7,10,15-20,24-27,30-33,35,37-38,41,72-74,78-79H,4-6,8-9,11-14,21-23,28-29,34,36,39-40,42-71H2,1-3H3,(H,83,84)(H,85,86)/b10-7-,18-15-,19-16-,20-17-,26-24-,27-25-,32-30-,33-31-,37-35-,41-38-. The lowest BCUT2D eigenvalue weighted by Gasteiger charge is -2.21. The summed E-state index contributed by atoms with van der Waals surface area (Å²) in [6, 6.07) is 0. The van der Waals surface area contributed by atoms with Crippen molar-refractivity contribution in [3.8, 4) is 0 Å². The van der Waals surface area contributed by atoms with E-state index in [1.807, 2.05) is 0 Å². The van der Waals surface area contributed by atoms with Crippen LogP contribution in [0.5, 0.6) is 0 Å². The van der Waals surface area contributed by atoms with Gasteiger partial charge in [-0.2, -0.15) is 0 Å². The Bertz CT molecular complexity index is 2210. The zero-order valence-electron chi connectivity index (χ0n) is 59.3. The summed E-state index contributed by atoms with van der Waals surface area (Å²) in [5.74, 6) is -1.60. The van der Waals surface area contributed by atoms with Gasteiger partial charge in [-0.05, 0) is 128 Å². The van der Waals surface area contributed by atoms with E-state index in [2.05, 4.69) is 142 Å². The van der Waals surface area contributed by atoms with E-state index in [4.69, 9.17) is 32.3 Å². The maximum atomic E-state index is 12.9. The van der Waals surface area contributed by atoms with Crippen molar-refractivity contribution in [1.82, 2.24) is 0 Å². The molecule has 0 aromatic rings. The number of hydrogen-bond donors (Lipinski definition) is 4. The molecule has 5 atom stereocenters. The fourth-order valence-electron chi connectivity index (χ4n) is 9.50. The molecule has 0 aliphatic heterocycles. The largest absolute Gasteiger partial charge is 0.472 e. The highest BCUT2D eigenvalue weighted by Gasteiger charge is 2.29. The Hall–Kier alpha value is -4.05. The lowest BCUT2D eigenvalue weighted by Crippen LogP contribution is -2.30. The molecular weight excluding hydrogens is 1240 g/mol. The number of unbranched alkanes of at least 4 members (excludes halogenated alkanes) is 26. The SMILES string of the molecule is CC/C=C\C/C=C\C/C=C\C/C=C\C/C=C\CCCCCCCCCCCC(=O)OCC(O)COP(=O)(O)OCC(O)COP(=O)(O)OCC(COC(=O)CCCCCCCCC/C=C\C/C=C\C/C=C\C/C=C\CCCCC)OC(=O)CCCCCCC/C=C\CCCC. The van der Waals surface area contributed by atoms with Crippen LogP contribution in [-0.2, 0) is 55.8 Å². The average molecular weight is 1380 g/mol. The first-order valence-electron chi connectivity index (χ1n) is 36.8. The van der Waals surface area contributed by atoms with Gasteiger partial charge in [0.1, 0.15) is 25.4 Å². The van der Waals surface area contributed by atoms with Crippen LogP contribution in [0.4, 0.5) is 0 Å². The van der Waals surface area contributed by atoms with Crippen molar-refractivity contribution in [2.45, 2.75) is 309 Å². The van der Waals surface area contributed by atoms with Crippen LogP contribution in [0.1, 0.15) is 290 Å². The number of phosphoric ester groups is 2. The second kappa shape index (κ2) is 69.8. The molecule has 5 unspecified atom stereocenters. The molecule has 0 rings (SSSR count). The quantitative estimate of drug-likeness (QED) is 0.0146. The number of aliphatic hydroxyl groups is 2. The highest BCUT2D eigenvalue weighted by Crippen LogP contribution is 2.45. The van der Waals surface area contributed by atoms with Crippen LogP contribution >= 0.6 is 15.6 Å². The van der Waals surface area contributed by atoms with E-state index in [-0.39, 0.29) is 19.3 Å². The summed E-state index contributed by atoms with van der Waals surface area (Å²) >= 11 is 0. The molecule has 4 N–H and O–H groups in total. The van der Waals surface area contributed by atoms with Crippen molar-refractivity contribution < 1.29 is 75.8 Å². The van der Waals surface area contributed by atoms with Crippen molar-refractivity contribution >= 4 is 33.6 Å². The van der Waals surface area contributed by atoms with Gasteiger partial charge in [-0.1, -0.05) is 264 Å². The maximum Gasteiger partial charge on any atom is 0.472 e. The summed E-state index contributed by atoms with van der Waals surface area (Å²) < 4.78 is 60.9. The normalized spacial score (nSPS) is 14.8. The molecule has 0 aromatic heterocycles. The first-order chi connectivity index (χ1) is 46.2. The maximum absolute atomic E-state index is 12.9. The number of ether oxygens (including phenoxy) is 3. The van der Waals surface area contributed by atoms with Crippen molar-refractivity contribution in [1.29, 1.82) is 0 Å². The highest BCUT2D eigenvalue weighted by molar-refractivity contribution is 7.47. The predicted octanol–water partition coefficient (Wildman–Crippen LogP) is 21.0. The summed E-state index contributed by atoms with van der Waals surface area (Å²) in [7, 11) is -9.79. The third-order valence-electron chi connectivity index (χ3n) is 15.1. The van der Waals surface area contributed by atoms with Gasteiger partial charge in [0, 0.05) is 19.3 Å². The van der Waals surface area contributed by atoms with Gasteiger partial charge in [0.25, 0.3) is 0 Å². The molecule has 0 fully saturated rings. The number of phosphoric acid groups is 2. The number of carbonyl (C=O) groups excluding carboxylic acids is 3. The smallest absolute Gasteiger partial charge is 0.463 e. The van der Waals surface area contributed by atoms with Crippen molar-refractivity contribution in [3.63, 3.8) is 0 Å². The Morgan fingerprint density at radius 1 is 0.305 bits per heavy atom. The minimum Gasteiger partial charge on any atom is -0.463 e. The minimum absolute atomic E-state index is 0.0895. The van der Waals surface area contributed by atoms with Crippen LogP contribution in [0, 0.1) is 0 Å². The Kier molecular flexibility index (Phi) is 66.9. The van der Waals surface area contributed by atoms with Gasteiger partial charge in [0.2, 0.25) is 0 Å². The Morgan fingerprint density at radius 2 is 0.568 bits per heavy atom. The molecule has 546 valence electrons. The molecule has 0 bridgehead atoms. The zero-order chi connectivity index (χ0) is 69.5. The molecule has 0 aliphatic carbocycles. The van der Waals surface area contributed by atoms with Gasteiger partial charge in [-0.25, -0.2) is 9.13 Å². The molecule has 0 heterocycles. The fraction of sp³-hybridized carbons (Fsp3) is 0.701. The molecule has 0 amide bonds. The molecule has 16 nitrogen and oxygen atoms in total. The van der Waals surface area contributed by atoms with Crippen LogP contribution in [0.15, 0.2) is 122 Å². The molecule has 95 heavy (non-hydrogen) atoms. The number of carbonyl (C=O) groups is 3. The van der Waals surface area contributed by atoms with Gasteiger partial charge in [-0.15, -0.1) is 0 Å². The van der Waals surface area contributed by atoms with Crippen molar-refractivity contribution in [3.05, 3.63) is 122 Å². The topological polar surface area (TPSA) is 231 Å². The molecule has 0 radical (unpaired) electrons. The van der Waals surface area contributed by atoms with Gasteiger partial charge in [-0.3, -0.25) is 32.5 Å². The van der Waals surface area contributed by atoms with E-state index in [0.717, 1.165) is 167 Å². The third kappa shape index (κ3) is 71.1. The Labute approximate surface area is 576 Å². The highest BCUT2D eigenvalue weighted by atomic mass is 31.2. The molecule has 0 aliphatic rings. The summed E-state index contributed by atoms with van der Waals surface area (Å²) in [6.45, 7) is 2.46. The predicted molar refractivity (Wildman–Crippen MR) is 390 cm³/mol. The lowest BCUT2D eigenvalue weighted by molar-refractivity contribution is -0.161. The molecule has 0 aromatic carbocycles. The van der Waals surface area contributed by atoms with E-state index in [1.165, 1.54) is 64.2 Å². The van der Waals surface area contributed by atoms with E-state index < -0.39 is 91.5 Å². The van der Waals surface area contributed by atoms with Gasteiger partial charge >= 0.3 is 33.6 Å². The number of aliphatic hydroxyl groups excluding tert-OH is 2. The lowest BCUT2D eigenvalue weighted by atomic mass is 10.1. The average Bonchev–Trinajstić information content (AvgIpc) is 3.35. The molecule has 18 heteroatoms. The first kappa shape index (κ1) is 91.0. The number of allylic oxidation sites excluding steroid dienone is 20. The summed E-state index contributed by atoms with van der Waals surface area (Å²) in [6.07, 6.45) is 81.1. The molecule has 0 spiro atoms. The van der Waals surface area contributed by atoms with Crippen LogP contribution in [0.25, 0.3) is 0 Å². The first-order valence-corrected chi connectivity index (χ1v) is 39.8. The van der Waals surface area contributed by atoms with E-state index in [9.17, 15) is 43.5 Å². The van der Waals surface area contributed by atoms with Crippen LogP contribution in [0.2, 0.25) is 0 Å². The van der Waals surface area contributed by atoms with Crippen LogP contribution in [-0.4, -0.2) is 95.9 Å². The summed E-state index contributed by atoms with van der Waals surface area (Å²) in [5.41, 5.74) is 0. The van der Waals surface area contributed by atoms with Crippen LogP contribution < -0.4 is 0 Å². The molecule has 0 saturated carbocycles. The number of hydrogen-bond acceptors (Lipinski definition) is 14. The van der Waals surface area contributed by atoms with Gasteiger partial charge < -0.3 is 34.2 Å². The number of rotatable bonds is 69. The van der Waals surface area contributed by atoms with Crippen molar-refractivity contribution in [2.75, 3.05) is 39.6 Å². The molecule has 0 saturated heterocycles. The summed E-state index contributed by atoms with van der Waals surface area (Å²) in [4.78, 5) is 58.4. The van der Waals surface area contributed by atoms with Crippen LogP contribution in [0.3, 0.4) is 0 Å². The van der Waals surface area contributed by atoms with E-state index in [0.29, 0.717) is 19.3 Å². The Balaban J connectivity index is 4.53.